The van der Waals surface area contributed by atoms with Crippen LogP contribution in [-0.2, 0) is 6.42 Å². The van der Waals surface area contributed by atoms with Gasteiger partial charge in [-0.25, -0.2) is 0 Å². The molecule has 0 aliphatic heterocycles. The van der Waals surface area contributed by atoms with Gasteiger partial charge in [0.1, 0.15) is 0 Å². The van der Waals surface area contributed by atoms with E-state index in [4.69, 9.17) is 17.3 Å². The van der Waals surface area contributed by atoms with Crippen molar-refractivity contribution >= 4 is 34.5 Å². The first-order chi connectivity index (χ1) is 9.06. The summed E-state index contributed by atoms with van der Waals surface area (Å²) in [5, 5.41) is 5.50. The molecule has 0 bridgehead atoms. The van der Waals surface area contributed by atoms with E-state index in [9.17, 15) is 4.79 Å². The second kappa shape index (κ2) is 6.08. The Morgan fingerprint density at radius 3 is 2.89 bits per heavy atom. The standard InChI is InChI=1S/C14H15ClN2OS/c1-9(7-11-3-2-6-19-11)17-14(18)12-5-4-10(15)8-13(12)16/h2-6,8-9H,7,16H2,1H3,(H,17,18). The highest BCUT2D eigenvalue weighted by Gasteiger charge is 2.13. The van der Waals surface area contributed by atoms with E-state index in [0.29, 0.717) is 16.3 Å². The SMILES string of the molecule is CC(Cc1cccs1)NC(=O)c1ccc(Cl)cc1N. The van der Waals surface area contributed by atoms with E-state index in [-0.39, 0.29) is 11.9 Å². The van der Waals surface area contributed by atoms with Crippen molar-refractivity contribution in [3.63, 3.8) is 0 Å². The van der Waals surface area contributed by atoms with Gasteiger partial charge in [0.05, 0.1) is 5.56 Å². The molecule has 1 aromatic heterocycles. The van der Waals surface area contributed by atoms with E-state index < -0.39 is 0 Å². The lowest BCUT2D eigenvalue weighted by atomic mass is 10.1. The Morgan fingerprint density at radius 1 is 1.47 bits per heavy atom. The van der Waals surface area contributed by atoms with E-state index in [0.717, 1.165) is 6.42 Å². The smallest absolute Gasteiger partial charge is 0.253 e. The first kappa shape index (κ1) is 13.9. The van der Waals surface area contributed by atoms with Crippen molar-refractivity contribution in [2.75, 3.05) is 5.73 Å². The molecule has 2 rings (SSSR count). The molecule has 1 amide bonds. The molecule has 0 aliphatic rings. The van der Waals surface area contributed by atoms with E-state index >= 15 is 0 Å². The number of halogens is 1. The first-order valence-electron chi connectivity index (χ1n) is 5.94. The predicted octanol–water partition coefficient (Wildman–Crippen LogP) is 3.34. The minimum Gasteiger partial charge on any atom is -0.398 e. The number of nitrogen functional groups attached to an aromatic ring is 1. The van der Waals surface area contributed by atoms with Crippen LogP contribution in [0.15, 0.2) is 35.7 Å². The maximum atomic E-state index is 12.1. The Balaban J connectivity index is 2.00. The van der Waals surface area contributed by atoms with Crippen molar-refractivity contribution in [1.82, 2.24) is 5.32 Å². The molecule has 0 saturated carbocycles. The van der Waals surface area contributed by atoms with Crippen LogP contribution in [0.5, 0.6) is 0 Å². The molecule has 3 N–H and O–H groups in total. The quantitative estimate of drug-likeness (QED) is 0.850. The van der Waals surface area contributed by atoms with Gasteiger partial charge in [-0.05, 0) is 36.6 Å². The van der Waals surface area contributed by atoms with Gasteiger partial charge in [-0.3, -0.25) is 4.79 Å². The average molecular weight is 295 g/mol. The van der Waals surface area contributed by atoms with Crippen molar-refractivity contribution in [2.24, 2.45) is 0 Å². The first-order valence-corrected chi connectivity index (χ1v) is 7.20. The molecule has 0 fully saturated rings. The lowest BCUT2D eigenvalue weighted by molar-refractivity contribution is 0.0941. The van der Waals surface area contributed by atoms with Crippen LogP contribution in [-0.4, -0.2) is 11.9 Å². The van der Waals surface area contributed by atoms with Crippen LogP contribution in [0.2, 0.25) is 5.02 Å². The summed E-state index contributed by atoms with van der Waals surface area (Å²) < 4.78 is 0. The summed E-state index contributed by atoms with van der Waals surface area (Å²) >= 11 is 7.50. The van der Waals surface area contributed by atoms with E-state index in [1.54, 1.807) is 29.5 Å². The predicted molar refractivity (Wildman–Crippen MR) is 80.8 cm³/mol. The molecule has 1 aromatic carbocycles. The zero-order chi connectivity index (χ0) is 13.8. The molecule has 19 heavy (non-hydrogen) atoms. The molecule has 1 atom stereocenters. The number of hydrogen-bond donors (Lipinski definition) is 2. The molecule has 5 heteroatoms. The van der Waals surface area contributed by atoms with Gasteiger partial charge in [-0.15, -0.1) is 11.3 Å². The molecule has 3 nitrogen and oxygen atoms in total. The third kappa shape index (κ3) is 3.72. The molecule has 0 saturated heterocycles. The maximum absolute atomic E-state index is 12.1. The van der Waals surface area contributed by atoms with Crippen molar-refractivity contribution in [1.29, 1.82) is 0 Å². The van der Waals surface area contributed by atoms with Gasteiger partial charge in [-0.2, -0.15) is 0 Å². The second-order valence-electron chi connectivity index (χ2n) is 4.39. The summed E-state index contributed by atoms with van der Waals surface area (Å²) in [4.78, 5) is 13.3. The van der Waals surface area contributed by atoms with E-state index in [2.05, 4.69) is 11.4 Å². The molecular formula is C14H15ClN2OS. The molecule has 100 valence electrons. The van der Waals surface area contributed by atoms with Gasteiger partial charge in [-0.1, -0.05) is 17.7 Å². The highest BCUT2D eigenvalue weighted by molar-refractivity contribution is 7.09. The summed E-state index contributed by atoms with van der Waals surface area (Å²) in [6, 6.07) is 9.01. The fourth-order valence-electron chi connectivity index (χ4n) is 1.82. The van der Waals surface area contributed by atoms with Crippen LogP contribution in [0.25, 0.3) is 0 Å². The number of anilines is 1. The van der Waals surface area contributed by atoms with Crippen LogP contribution >= 0.6 is 22.9 Å². The molecule has 2 aromatic rings. The zero-order valence-corrected chi connectivity index (χ0v) is 12.1. The van der Waals surface area contributed by atoms with Gasteiger partial charge in [0.15, 0.2) is 0 Å². The van der Waals surface area contributed by atoms with Crippen LogP contribution < -0.4 is 11.1 Å². The summed E-state index contributed by atoms with van der Waals surface area (Å²) in [6.07, 6.45) is 0.816. The number of nitrogens with two attached hydrogens (primary N) is 1. The minimum absolute atomic E-state index is 0.0567. The van der Waals surface area contributed by atoms with Crippen molar-refractivity contribution < 1.29 is 4.79 Å². The number of hydrogen-bond acceptors (Lipinski definition) is 3. The number of nitrogens with one attached hydrogen (secondary N) is 1. The fourth-order valence-corrected chi connectivity index (χ4v) is 2.84. The lowest BCUT2D eigenvalue weighted by Crippen LogP contribution is -2.34. The number of rotatable bonds is 4. The Labute approximate surface area is 121 Å². The number of benzene rings is 1. The largest absolute Gasteiger partial charge is 0.398 e. The second-order valence-corrected chi connectivity index (χ2v) is 5.86. The van der Waals surface area contributed by atoms with E-state index in [1.807, 2.05) is 18.4 Å². The fraction of sp³-hybridized carbons (Fsp3) is 0.214. The van der Waals surface area contributed by atoms with Crippen LogP contribution in [0, 0.1) is 0 Å². The molecule has 0 aliphatic carbocycles. The van der Waals surface area contributed by atoms with Gasteiger partial charge in [0, 0.05) is 28.0 Å². The van der Waals surface area contributed by atoms with E-state index in [1.165, 1.54) is 4.88 Å². The topological polar surface area (TPSA) is 55.1 Å². The third-order valence-corrected chi connectivity index (χ3v) is 3.86. The lowest BCUT2D eigenvalue weighted by Gasteiger charge is -2.14. The number of thiophene rings is 1. The summed E-state index contributed by atoms with van der Waals surface area (Å²) in [7, 11) is 0. The van der Waals surface area contributed by atoms with Gasteiger partial charge in [0.2, 0.25) is 0 Å². The highest BCUT2D eigenvalue weighted by atomic mass is 35.5. The Bertz CT molecular complexity index is 569. The number of carbonyl (C=O) groups excluding carboxylic acids is 1. The zero-order valence-electron chi connectivity index (χ0n) is 10.5. The molecule has 1 unspecified atom stereocenters. The van der Waals surface area contributed by atoms with Crippen LogP contribution in [0.4, 0.5) is 5.69 Å². The van der Waals surface area contributed by atoms with Crippen molar-refractivity contribution in [2.45, 2.75) is 19.4 Å². The Hall–Kier alpha value is -1.52. The monoisotopic (exact) mass is 294 g/mol. The Morgan fingerprint density at radius 2 is 2.26 bits per heavy atom. The van der Waals surface area contributed by atoms with Crippen molar-refractivity contribution in [3.8, 4) is 0 Å². The Kier molecular flexibility index (Phi) is 4.45. The van der Waals surface area contributed by atoms with Gasteiger partial charge in [0.25, 0.3) is 5.91 Å². The molecular weight excluding hydrogens is 280 g/mol. The highest BCUT2D eigenvalue weighted by Crippen LogP contribution is 2.18. The summed E-state index contributed by atoms with van der Waals surface area (Å²) in [5.41, 5.74) is 6.65. The van der Waals surface area contributed by atoms with Gasteiger partial charge >= 0.3 is 0 Å². The molecule has 1 heterocycles. The minimum atomic E-state index is -0.168. The van der Waals surface area contributed by atoms with Crippen LogP contribution in [0.3, 0.4) is 0 Å². The summed E-state index contributed by atoms with van der Waals surface area (Å²) in [5.74, 6) is -0.168. The normalized spacial score (nSPS) is 12.1. The van der Waals surface area contributed by atoms with Crippen LogP contribution in [0.1, 0.15) is 22.2 Å². The third-order valence-electron chi connectivity index (χ3n) is 2.72. The number of amides is 1. The maximum Gasteiger partial charge on any atom is 0.253 e. The van der Waals surface area contributed by atoms with Gasteiger partial charge < -0.3 is 11.1 Å². The average Bonchev–Trinajstić information content (AvgIpc) is 2.81. The van der Waals surface area contributed by atoms with Crippen molar-refractivity contribution in [3.05, 3.63) is 51.2 Å². The summed E-state index contributed by atoms with van der Waals surface area (Å²) in [6.45, 7) is 1.98. The molecule has 0 spiro atoms. The molecule has 0 radical (unpaired) electrons. The number of carbonyl (C=O) groups is 1.